The van der Waals surface area contributed by atoms with E-state index >= 15 is 0 Å². The molecule has 0 saturated heterocycles. The van der Waals surface area contributed by atoms with Crippen LogP contribution in [0.5, 0.6) is 0 Å². The van der Waals surface area contributed by atoms with Gasteiger partial charge in [0, 0.05) is 16.0 Å². The standard InChI is InChI=1S/C10H9NO3S.Na/c11-10-3-1-2-7-6-8(15-14-13-12)4-5-9(7)10;/h1-6,12H,11H2;/q;+1/p-1. The number of rotatable bonds is 3. The van der Waals surface area contributed by atoms with Gasteiger partial charge in [0.25, 0.3) is 0 Å². The summed E-state index contributed by atoms with van der Waals surface area (Å²) in [5.41, 5.74) is 6.52. The van der Waals surface area contributed by atoms with Gasteiger partial charge < -0.3 is 11.0 Å². The van der Waals surface area contributed by atoms with Crippen molar-refractivity contribution < 1.29 is 44.2 Å². The first kappa shape index (κ1) is 13.8. The van der Waals surface area contributed by atoms with Gasteiger partial charge in [0.2, 0.25) is 0 Å². The van der Waals surface area contributed by atoms with Gasteiger partial charge in [-0.05, 0) is 23.6 Å². The van der Waals surface area contributed by atoms with Gasteiger partial charge in [-0.25, -0.2) is 0 Å². The number of nitrogen functional groups attached to an aromatic ring is 1. The maximum Gasteiger partial charge on any atom is 1.00 e. The molecule has 2 rings (SSSR count). The molecule has 0 fully saturated rings. The minimum absolute atomic E-state index is 0. The Hall–Kier alpha value is -0.270. The van der Waals surface area contributed by atoms with Crippen molar-refractivity contribution in [2.24, 2.45) is 0 Å². The summed E-state index contributed by atoms with van der Waals surface area (Å²) >= 11 is 0.866. The predicted octanol–water partition coefficient (Wildman–Crippen LogP) is -1.34. The first-order valence-corrected chi connectivity index (χ1v) is 4.97. The zero-order valence-electron chi connectivity index (χ0n) is 8.67. The Balaban J connectivity index is 0.00000128. The van der Waals surface area contributed by atoms with Gasteiger partial charge in [-0.1, -0.05) is 18.2 Å². The summed E-state index contributed by atoms with van der Waals surface area (Å²) in [6, 6.07) is 11.2. The third-order valence-electron chi connectivity index (χ3n) is 2.04. The summed E-state index contributed by atoms with van der Waals surface area (Å²) in [5, 5.41) is 14.9. The molecule has 2 aromatic rings. The number of hydrogen-bond acceptors (Lipinski definition) is 5. The molecule has 0 saturated carbocycles. The molecule has 0 radical (unpaired) electrons. The SMILES string of the molecule is Nc1cccc2cc(SOO[O-])ccc12.[Na+]. The van der Waals surface area contributed by atoms with Crippen molar-refractivity contribution in [3.05, 3.63) is 36.4 Å². The molecule has 2 N–H and O–H groups in total. The van der Waals surface area contributed by atoms with Gasteiger partial charge in [-0.2, -0.15) is 4.33 Å². The minimum Gasteiger partial charge on any atom is -0.691 e. The van der Waals surface area contributed by atoms with Gasteiger partial charge in [0.05, 0.1) is 12.0 Å². The average Bonchev–Trinajstić information content (AvgIpc) is 2.26. The van der Waals surface area contributed by atoms with Crippen molar-refractivity contribution in [1.82, 2.24) is 0 Å². The van der Waals surface area contributed by atoms with Crippen LogP contribution in [0.15, 0.2) is 41.3 Å². The molecule has 4 nitrogen and oxygen atoms in total. The van der Waals surface area contributed by atoms with Crippen LogP contribution in [0, 0.1) is 0 Å². The molecule has 0 aliphatic carbocycles. The maximum absolute atomic E-state index is 9.66. The Morgan fingerprint density at radius 3 is 2.75 bits per heavy atom. The third-order valence-corrected chi connectivity index (χ3v) is 2.61. The van der Waals surface area contributed by atoms with E-state index in [1.165, 1.54) is 0 Å². The van der Waals surface area contributed by atoms with Crippen LogP contribution >= 0.6 is 12.0 Å². The monoisotopic (exact) mass is 245 g/mol. The summed E-state index contributed by atoms with van der Waals surface area (Å²) in [5.74, 6) is 0. The molecule has 0 aliphatic heterocycles. The Morgan fingerprint density at radius 1 is 1.19 bits per heavy atom. The summed E-state index contributed by atoms with van der Waals surface area (Å²) in [6.07, 6.45) is 0. The van der Waals surface area contributed by atoms with Crippen molar-refractivity contribution in [1.29, 1.82) is 0 Å². The molecule has 0 aromatic heterocycles. The molecule has 0 amide bonds. The topological polar surface area (TPSA) is 67.5 Å². The summed E-state index contributed by atoms with van der Waals surface area (Å²) in [7, 11) is 0. The minimum atomic E-state index is 0. The van der Waals surface area contributed by atoms with Crippen LogP contribution in [0.2, 0.25) is 0 Å². The summed E-state index contributed by atoms with van der Waals surface area (Å²) in [4.78, 5) is 0.781. The van der Waals surface area contributed by atoms with Crippen molar-refractivity contribution in [2.45, 2.75) is 4.90 Å². The number of hydrogen-bond donors (Lipinski definition) is 1. The normalized spacial score (nSPS) is 10.1. The van der Waals surface area contributed by atoms with E-state index in [4.69, 9.17) is 5.73 Å². The van der Waals surface area contributed by atoms with Crippen LogP contribution in [0.3, 0.4) is 0 Å². The first-order chi connectivity index (χ1) is 7.31. The van der Waals surface area contributed by atoms with E-state index in [1.807, 2.05) is 36.4 Å². The van der Waals surface area contributed by atoms with Crippen LogP contribution < -0.4 is 40.5 Å². The Bertz CT molecular complexity index is 481. The Labute approximate surface area is 119 Å². The average molecular weight is 245 g/mol. The molecule has 0 heterocycles. The number of fused-ring (bicyclic) bond motifs is 1. The van der Waals surface area contributed by atoms with E-state index in [2.05, 4.69) is 9.37 Å². The molecular weight excluding hydrogens is 237 g/mol. The fourth-order valence-electron chi connectivity index (χ4n) is 1.39. The molecule has 78 valence electrons. The second-order valence-electron chi connectivity index (χ2n) is 2.95. The quantitative estimate of drug-likeness (QED) is 0.238. The Morgan fingerprint density at radius 2 is 2.00 bits per heavy atom. The maximum atomic E-state index is 9.66. The summed E-state index contributed by atoms with van der Waals surface area (Å²) in [6.45, 7) is 0. The smallest absolute Gasteiger partial charge is 0.691 e. The first-order valence-electron chi connectivity index (χ1n) is 4.22. The zero-order valence-corrected chi connectivity index (χ0v) is 11.5. The Kier molecular flexibility index (Phi) is 5.57. The van der Waals surface area contributed by atoms with Gasteiger partial charge in [0.1, 0.15) is 0 Å². The molecule has 0 bridgehead atoms. The van der Waals surface area contributed by atoms with E-state index in [0.717, 1.165) is 33.4 Å². The predicted molar refractivity (Wildman–Crippen MR) is 56.4 cm³/mol. The van der Waals surface area contributed by atoms with Gasteiger partial charge >= 0.3 is 29.6 Å². The molecule has 6 heteroatoms. The molecule has 0 aliphatic rings. The fraction of sp³-hybridized carbons (Fsp3) is 0. The van der Waals surface area contributed by atoms with E-state index in [1.54, 1.807) is 0 Å². The van der Waals surface area contributed by atoms with Crippen molar-refractivity contribution in [3.63, 3.8) is 0 Å². The second-order valence-corrected chi connectivity index (χ2v) is 3.72. The molecular formula is C10H8NNaO3S. The van der Waals surface area contributed by atoms with E-state index < -0.39 is 0 Å². The zero-order chi connectivity index (χ0) is 10.7. The molecule has 2 aromatic carbocycles. The van der Waals surface area contributed by atoms with Crippen LogP contribution in [0.25, 0.3) is 10.8 Å². The molecule has 0 atom stereocenters. The number of anilines is 1. The van der Waals surface area contributed by atoms with Gasteiger partial charge in [0.15, 0.2) is 0 Å². The van der Waals surface area contributed by atoms with Gasteiger partial charge in [-0.3, -0.25) is 5.04 Å². The summed E-state index contributed by atoms with van der Waals surface area (Å²) < 4.78 is 4.23. The van der Waals surface area contributed by atoms with Crippen molar-refractivity contribution in [3.8, 4) is 0 Å². The fourth-order valence-corrected chi connectivity index (χ4v) is 1.80. The van der Waals surface area contributed by atoms with Crippen LogP contribution in [0.1, 0.15) is 0 Å². The largest absolute Gasteiger partial charge is 1.00 e. The van der Waals surface area contributed by atoms with Crippen LogP contribution in [-0.4, -0.2) is 0 Å². The second kappa shape index (κ2) is 6.46. The van der Waals surface area contributed by atoms with Crippen LogP contribution in [0.4, 0.5) is 5.69 Å². The van der Waals surface area contributed by atoms with Crippen molar-refractivity contribution >= 4 is 28.5 Å². The van der Waals surface area contributed by atoms with E-state index in [0.29, 0.717) is 0 Å². The number of nitrogens with two attached hydrogens (primary N) is 1. The van der Waals surface area contributed by atoms with Gasteiger partial charge in [-0.15, -0.1) is 0 Å². The molecule has 16 heavy (non-hydrogen) atoms. The van der Waals surface area contributed by atoms with E-state index in [-0.39, 0.29) is 29.6 Å². The molecule has 0 unspecified atom stereocenters. The van der Waals surface area contributed by atoms with E-state index in [9.17, 15) is 5.26 Å². The third kappa shape index (κ3) is 3.11. The van der Waals surface area contributed by atoms with Crippen molar-refractivity contribution in [2.75, 3.05) is 5.73 Å². The van der Waals surface area contributed by atoms with Crippen LogP contribution in [-0.2, 0) is 9.37 Å². The molecule has 0 spiro atoms. The number of benzene rings is 2.